The van der Waals surface area contributed by atoms with Gasteiger partial charge in [0.15, 0.2) is 6.61 Å². The lowest BCUT2D eigenvalue weighted by Crippen LogP contribution is -3.11. The van der Waals surface area contributed by atoms with Crippen LogP contribution in [-0.2, 0) is 9.53 Å². The fraction of sp³-hybridized carbons (Fsp3) is 0.533. The molecular weight excluding hydrogens is 242 g/mol. The van der Waals surface area contributed by atoms with Gasteiger partial charge in [-0.25, -0.2) is 4.79 Å². The number of ether oxygens (including phenoxy) is 2. The first-order valence-electron chi connectivity index (χ1n) is 6.95. The molecule has 0 spiro atoms. The van der Waals surface area contributed by atoms with Crippen LogP contribution in [0.4, 0.5) is 0 Å². The van der Waals surface area contributed by atoms with Crippen molar-refractivity contribution in [1.29, 1.82) is 0 Å². The lowest BCUT2D eigenvalue weighted by molar-refractivity contribution is -0.890. The van der Waals surface area contributed by atoms with Crippen LogP contribution < -0.4 is 9.64 Å². The second kappa shape index (κ2) is 7.14. The fourth-order valence-electron chi connectivity index (χ4n) is 2.44. The highest BCUT2D eigenvalue weighted by Crippen LogP contribution is 2.08. The van der Waals surface area contributed by atoms with Gasteiger partial charge in [0.05, 0.1) is 13.1 Å². The van der Waals surface area contributed by atoms with Gasteiger partial charge in [-0.2, -0.15) is 0 Å². The van der Waals surface area contributed by atoms with Crippen LogP contribution in [0.5, 0.6) is 5.75 Å². The standard InChI is InChI=1S/C15H21NO3/c1-13(11-16-9-5-6-10-16)19-15(17)12-18-14-7-3-2-4-8-14/h2-4,7-8,13H,5-6,9-12H2,1H3/p+1/t13-/m0/s1. The summed E-state index contributed by atoms with van der Waals surface area (Å²) in [4.78, 5) is 13.2. The van der Waals surface area contributed by atoms with Gasteiger partial charge in [-0.3, -0.25) is 0 Å². The van der Waals surface area contributed by atoms with Crippen LogP contribution in [-0.4, -0.2) is 38.3 Å². The molecule has 0 amide bonds. The van der Waals surface area contributed by atoms with Crippen molar-refractivity contribution in [2.24, 2.45) is 0 Å². The van der Waals surface area contributed by atoms with Gasteiger partial charge in [0.25, 0.3) is 0 Å². The van der Waals surface area contributed by atoms with Crippen molar-refractivity contribution in [3.63, 3.8) is 0 Å². The van der Waals surface area contributed by atoms with Crippen LogP contribution in [0.2, 0.25) is 0 Å². The Labute approximate surface area is 114 Å². The molecule has 1 saturated heterocycles. The van der Waals surface area contributed by atoms with Crippen molar-refractivity contribution in [3.8, 4) is 5.75 Å². The maximum atomic E-state index is 11.6. The zero-order valence-electron chi connectivity index (χ0n) is 11.4. The molecule has 1 aromatic rings. The third-order valence-electron chi connectivity index (χ3n) is 3.32. The fourth-order valence-corrected chi connectivity index (χ4v) is 2.44. The summed E-state index contributed by atoms with van der Waals surface area (Å²) in [6, 6.07) is 9.31. The lowest BCUT2D eigenvalue weighted by Gasteiger charge is -2.18. The average molecular weight is 264 g/mol. The zero-order valence-corrected chi connectivity index (χ0v) is 11.4. The Morgan fingerprint density at radius 1 is 1.26 bits per heavy atom. The van der Waals surface area contributed by atoms with Crippen molar-refractivity contribution in [1.82, 2.24) is 0 Å². The minimum atomic E-state index is -0.296. The van der Waals surface area contributed by atoms with E-state index in [1.807, 2.05) is 37.3 Å². The largest absolute Gasteiger partial charge is 0.482 e. The molecule has 0 aromatic heterocycles. The monoisotopic (exact) mass is 264 g/mol. The molecule has 4 heteroatoms. The number of carbonyl (C=O) groups is 1. The molecule has 104 valence electrons. The van der Waals surface area contributed by atoms with Crippen LogP contribution in [0.3, 0.4) is 0 Å². The molecule has 4 nitrogen and oxygen atoms in total. The summed E-state index contributed by atoms with van der Waals surface area (Å²) in [5.41, 5.74) is 0. The first kappa shape index (κ1) is 13.9. The number of benzene rings is 1. The molecule has 1 fully saturated rings. The highest BCUT2D eigenvalue weighted by molar-refractivity contribution is 5.71. The molecule has 1 atom stereocenters. The topological polar surface area (TPSA) is 40.0 Å². The summed E-state index contributed by atoms with van der Waals surface area (Å²) in [5.74, 6) is 0.396. The SMILES string of the molecule is C[C@@H](C[NH+]1CCCC1)OC(=O)COc1ccccc1. The summed E-state index contributed by atoms with van der Waals surface area (Å²) in [5, 5.41) is 0. The number of rotatable bonds is 6. The van der Waals surface area contributed by atoms with Gasteiger partial charge in [-0.15, -0.1) is 0 Å². The van der Waals surface area contributed by atoms with E-state index in [1.165, 1.54) is 30.8 Å². The Hall–Kier alpha value is -1.55. The van der Waals surface area contributed by atoms with E-state index in [-0.39, 0.29) is 18.7 Å². The van der Waals surface area contributed by atoms with Crippen molar-refractivity contribution >= 4 is 5.97 Å². The number of hydrogen-bond acceptors (Lipinski definition) is 3. The van der Waals surface area contributed by atoms with E-state index in [2.05, 4.69) is 0 Å². The van der Waals surface area contributed by atoms with Crippen LogP contribution in [0.15, 0.2) is 30.3 Å². The van der Waals surface area contributed by atoms with E-state index in [9.17, 15) is 4.79 Å². The summed E-state index contributed by atoms with van der Waals surface area (Å²) in [6.07, 6.45) is 2.53. The third kappa shape index (κ3) is 4.91. The predicted molar refractivity (Wildman–Crippen MR) is 72.3 cm³/mol. The summed E-state index contributed by atoms with van der Waals surface area (Å²) in [7, 11) is 0. The molecule has 1 N–H and O–H groups in total. The molecular formula is C15H22NO3+. The van der Waals surface area contributed by atoms with Crippen molar-refractivity contribution in [3.05, 3.63) is 30.3 Å². The number of likely N-dealkylation sites (tertiary alicyclic amines) is 1. The van der Waals surface area contributed by atoms with E-state index in [0.29, 0.717) is 5.75 Å². The highest BCUT2D eigenvalue weighted by atomic mass is 16.6. The van der Waals surface area contributed by atoms with E-state index >= 15 is 0 Å². The average Bonchev–Trinajstić information content (AvgIpc) is 2.90. The molecule has 0 unspecified atom stereocenters. The number of para-hydroxylation sites is 1. The van der Waals surface area contributed by atoms with Crippen molar-refractivity contribution < 1.29 is 19.2 Å². The van der Waals surface area contributed by atoms with Crippen LogP contribution in [0.25, 0.3) is 0 Å². The lowest BCUT2D eigenvalue weighted by atomic mass is 10.3. The Morgan fingerprint density at radius 3 is 2.63 bits per heavy atom. The molecule has 19 heavy (non-hydrogen) atoms. The van der Waals surface area contributed by atoms with E-state index in [1.54, 1.807) is 0 Å². The first-order chi connectivity index (χ1) is 9.24. The van der Waals surface area contributed by atoms with Crippen LogP contribution >= 0.6 is 0 Å². The van der Waals surface area contributed by atoms with Gasteiger partial charge < -0.3 is 14.4 Å². The molecule has 1 aliphatic heterocycles. The van der Waals surface area contributed by atoms with Gasteiger partial charge in [0.2, 0.25) is 0 Å². The summed E-state index contributed by atoms with van der Waals surface area (Å²) < 4.78 is 10.7. The van der Waals surface area contributed by atoms with Gasteiger partial charge in [0.1, 0.15) is 18.4 Å². The normalized spacial score (nSPS) is 17.1. The van der Waals surface area contributed by atoms with E-state index in [4.69, 9.17) is 9.47 Å². The Morgan fingerprint density at radius 2 is 1.95 bits per heavy atom. The van der Waals surface area contributed by atoms with Crippen LogP contribution in [0, 0.1) is 0 Å². The third-order valence-corrected chi connectivity index (χ3v) is 3.32. The number of carbonyl (C=O) groups excluding carboxylic acids is 1. The molecule has 1 aliphatic rings. The zero-order chi connectivity index (χ0) is 13.5. The molecule has 0 bridgehead atoms. The van der Waals surface area contributed by atoms with E-state index < -0.39 is 0 Å². The van der Waals surface area contributed by atoms with Gasteiger partial charge in [0, 0.05) is 12.8 Å². The Balaban J connectivity index is 1.66. The van der Waals surface area contributed by atoms with Gasteiger partial charge in [-0.05, 0) is 19.1 Å². The Bertz CT molecular complexity index is 388. The molecule has 1 heterocycles. The number of hydrogen-bond donors (Lipinski definition) is 1. The van der Waals surface area contributed by atoms with E-state index in [0.717, 1.165) is 6.54 Å². The number of quaternary nitrogens is 1. The van der Waals surface area contributed by atoms with Crippen LogP contribution in [0.1, 0.15) is 19.8 Å². The maximum Gasteiger partial charge on any atom is 0.344 e. The quantitative estimate of drug-likeness (QED) is 0.768. The second-order valence-electron chi connectivity index (χ2n) is 5.06. The number of esters is 1. The van der Waals surface area contributed by atoms with Gasteiger partial charge in [-0.1, -0.05) is 18.2 Å². The molecule has 0 radical (unpaired) electrons. The number of nitrogens with one attached hydrogen (secondary N) is 1. The molecule has 0 saturated carbocycles. The maximum absolute atomic E-state index is 11.6. The van der Waals surface area contributed by atoms with Gasteiger partial charge >= 0.3 is 5.97 Å². The first-order valence-corrected chi connectivity index (χ1v) is 6.95. The Kier molecular flexibility index (Phi) is 5.21. The smallest absolute Gasteiger partial charge is 0.344 e. The summed E-state index contributed by atoms with van der Waals surface area (Å²) >= 11 is 0. The highest BCUT2D eigenvalue weighted by Gasteiger charge is 2.20. The minimum absolute atomic E-state index is 0.0241. The van der Waals surface area contributed by atoms with Crippen molar-refractivity contribution in [2.75, 3.05) is 26.2 Å². The minimum Gasteiger partial charge on any atom is -0.482 e. The molecule has 1 aromatic carbocycles. The second-order valence-corrected chi connectivity index (χ2v) is 5.06. The predicted octanol–water partition coefficient (Wildman–Crippen LogP) is 0.676. The van der Waals surface area contributed by atoms with Crippen molar-refractivity contribution in [2.45, 2.75) is 25.9 Å². The summed E-state index contributed by atoms with van der Waals surface area (Å²) in [6.45, 7) is 5.22. The molecule has 0 aliphatic carbocycles. The molecule has 2 rings (SSSR count).